The van der Waals surface area contributed by atoms with Gasteiger partial charge in [0.15, 0.2) is 5.82 Å². The zero-order valence-electron chi connectivity index (χ0n) is 18.8. The van der Waals surface area contributed by atoms with Crippen molar-refractivity contribution in [2.45, 2.75) is 5.92 Å². The van der Waals surface area contributed by atoms with Crippen LogP contribution in [0.4, 0.5) is 10.1 Å². The predicted octanol–water partition coefficient (Wildman–Crippen LogP) is 2.91. The molecule has 0 bridgehead atoms. The van der Waals surface area contributed by atoms with Gasteiger partial charge in [-0.3, -0.25) is 4.90 Å². The number of anilines is 1. The summed E-state index contributed by atoms with van der Waals surface area (Å²) in [6.07, 6.45) is 3.07. The number of benzene rings is 2. The summed E-state index contributed by atoms with van der Waals surface area (Å²) in [4.78, 5) is 27.2. The highest BCUT2D eigenvalue weighted by atomic mass is 19.1. The normalized spacial score (nSPS) is 15.6. The Kier molecular flexibility index (Phi) is 6.33. The Hall–Kier alpha value is -4.91. The highest BCUT2D eigenvalue weighted by Crippen LogP contribution is 2.43. The van der Waals surface area contributed by atoms with E-state index in [0.717, 1.165) is 25.2 Å². The molecule has 9 nitrogen and oxygen atoms in total. The maximum Gasteiger partial charge on any atom is 0.355 e. The van der Waals surface area contributed by atoms with Crippen molar-refractivity contribution >= 4 is 17.6 Å². The topological polar surface area (TPSA) is 123 Å². The van der Waals surface area contributed by atoms with Gasteiger partial charge >= 0.3 is 11.9 Å². The largest absolute Gasteiger partial charge is 0.466 e. The maximum atomic E-state index is 15.1. The molecule has 0 amide bonds. The number of nitrogens with two attached hydrogens (primary N) is 1. The van der Waals surface area contributed by atoms with Gasteiger partial charge in [0.05, 0.1) is 43.0 Å². The fraction of sp³-hybridized carbons (Fsp3) is 0.120. The number of nitriles is 1. The second-order valence-corrected chi connectivity index (χ2v) is 7.42. The Labute approximate surface area is 200 Å². The molecular weight excluding hydrogens is 453 g/mol. The summed E-state index contributed by atoms with van der Waals surface area (Å²) < 4.78 is 26.4. The Bertz CT molecular complexity index is 1390. The molecule has 0 aliphatic carbocycles. The average Bonchev–Trinajstić information content (AvgIpc) is 3.42. The molecule has 0 saturated heterocycles. The molecule has 35 heavy (non-hydrogen) atoms. The van der Waals surface area contributed by atoms with Crippen molar-refractivity contribution < 1.29 is 23.5 Å². The molecular formula is C25H20FN5O4. The van der Waals surface area contributed by atoms with Crippen molar-refractivity contribution in [1.82, 2.24) is 9.78 Å². The number of ether oxygens (including phenoxy) is 2. The number of carbonyl (C=O) groups excluding carboxylic acids is 2. The van der Waals surface area contributed by atoms with Gasteiger partial charge < -0.3 is 15.2 Å². The molecule has 176 valence electrons. The Morgan fingerprint density at radius 3 is 2.37 bits per heavy atom. The quantitative estimate of drug-likeness (QED) is 0.561. The van der Waals surface area contributed by atoms with Crippen LogP contribution in [0.3, 0.4) is 0 Å². The zero-order valence-corrected chi connectivity index (χ0v) is 18.8. The molecule has 1 aliphatic heterocycles. The molecule has 0 spiro atoms. The summed E-state index contributed by atoms with van der Waals surface area (Å²) in [5.74, 6) is -3.61. The lowest BCUT2D eigenvalue weighted by Crippen LogP contribution is -2.40. The number of hydrogen-bond acceptors (Lipinski definition) is 8. The molecule has 0 fully saturated rings. The van der Waals surface area contributed by atoms with Crippen LogP contribution in [0.5, 0.6) is 0 Å². The number of hydrogen-bond donors (Lipinski definition) is 1. The SMILES string of the molecule is COC(=O)C1=C(C(=O)OC)N(c2ccc(-n3cccn3)c(F)c2)C(N)=C(C#N)C1c1ccccc1. The molecule has 10 heteroatoms. The third-order valence-corrected chi connectivity index (χ3v) is 5.55. The number of halogens is 1. The van der Waals surface area contributed by atoms with Gasteiger partial charge in [0.2, 0.25) is 0 Å². The lowest BCUT2D eigenvalue weighted by atomic mass is 9.81. The molecule has 2 N–H and O–H groups in total. The van der Waals surface area contributed by atoms with Gasteiger partial charge in [-0.25, -0.2) is 18.7 Å². The van der Waals surface area contributed by atoms with Gasteiger partial charge in [0, 0.05) is 18.5 Å². The Balaban J connectivity index is 2.00. The van der Waals surface area contributed by atoms with E-state index >= 15 is 4.39 Å². The van der Waals surface area contributed by atoms with Crippen molar-refractivity contribution in [3.8, 4) is 11.8 Å². The smallest absolute Gasteiger partial charge is 0.355 e. The van der Waals surface area contributed by atoms with Crippen molar-refractivity contribution in [1.29, 1.82) is 5.26 Å². The summed E-state index contributed by atoms with van der Waals surface area (Å²) in [5, 5.41) is 14.1. The van der Waals surface area contributed by atoms with Gasteiger partial charge in [0.25, 0.3) is 0 Å². The van der Waals surface area contributed by atoms with E-state index in [1.165, 1.54) is 23.0 Å². The van der Waals surface area contributed by atoms with Crippen molar-refractivity contribution in [2.75, 3.05) is 19.1 Å². The van der Waals surface area contributed by atoms with Crippen LogP contribution in [0.15, 0.2) is 89.7 Å². The van der Waals surface area contributed by atoms with E-state index in [1.807, 2.05) is 6.07 Å². The van der Waals surface area contributed by atoms with E-state index in [0.29, 0.717) is 5.56 Å². The lowest BCUT2D eigenvalue weighted by molar-refractivity contribution is -0.139. The van der Waals surface area contributed by atoms with E-state index in [9.17, 15) is 14.9 Å². The van der Waals surface area contributed by atoms with E-state index in [1.54, 1.807) is 42.6 Å². The predicted molar refractivity (Wildman–Crippen MR) is 123 cm³/mol. The van der Waals surface area contributed by atoms with Crippen LogP contribution in [-0.4, -0.2) is 35.9 Å². The Morgan fingerprint density at radius 1 is 1.09 bits per heavy atom. The van der Waals surface area contributed by atoms with Gasteiger partial charge in [-0.2, -0.15) is 10.4 Å². The Morgan fingerprint density at radius 2 is 1.80 bits per heavy atom. The molecule has 2 heterocycles. The number of aromatic nitrogens is 2. The van der Waals surface area contributed by atoms with E-state index in [4.69, 9.17) is 15.2 Å². The molecule has 0 radical (unpaired) electrons. The first kappa shape index (κ1) is 23.3. The molecule has 4 rings (SSSR count). The number of rotatable bonds is 5. The van der Waals surface area contributed by atoms with E-state index in [-0.39, 0.29) is 34.0 Å². The molecule has 3 aromatic rings. The summed E-state index contributed by atoms with van der Waals surface area (Å²) in [6.45, 7) is 0. The first-order valence-corrected chi connectivity index (χ1v) is 10.4. The van der Waals surface area contributed by atoms with Crippen LogP contribution < -0.4 is 10.6 Å². The van der Waals surface area contributed by atoms with E-state index in [2.05, 4.69) is 5.10 Å². The standard InChI is InChI=1S/C25H20FN5O4/c1-34-24(32)21-20(15-7-4-3-5-8-15)17(14-27)23(28)31(22(21)25(33)35-2)16-9-10-19(18(26)13-16)30-12-6-11-29-30/h3-13,20H,28H2,1-2H3. The van der Waals surface area contributed by atoms with Crippen LogP contribution in [0.25, 0.3) is 5.69 Å². The average molecular weight is 473 g/mol. The summed E-state index contributed by atoms with van der Waals surface area (Å²) in [7, 11) is 2.30. The summed E-state index contributed by atoms with van der Waals surface area (Å²) in [6, 6.07) is 16.4. The molecule has 1 atom stereocenters. The minimum atomic E-state index is -1.01. The highest BCUT2D eigenvalue weighted by Gasteiger charge is 2.43. The third kappa shape index (κ3) is 4.00. The summed E-state index contributed by atoms with van der Waals surface area (Å²) in [5.41, 5.74) is 6.74. The molecule has 0 saturated carbocycles. The fourth-order valence-electron chi connectivity index (χ4n) is 4.01. The molecule has 2 aromatic carbocycles. The van der Waals surface area contributed by atoms with Gasteiger partial charge in [-0.15, -0.1) is 0 Å². The minimum absolute atomic E-state index is 0.0131. The van der Waals surface area contributed by atoms with Crippen LogP contribution in [0.1, 0.15) is 11.5 Å². The summed E-state index contributed by atoms with van der Waals surface area (Å²) >= 11 is 0. The first-order chi connectivity index (χ1) is 16.9. The van der Waals surface area contributed by atoms with Gasteiger partial charge in [0.1, 0.15) is 17.2 Å². The van der Waals surface area contributed by atoms with Gasteiger partial charge in [-0.1, -0.05) is 30.3 Å². The number of carbonyl (C=O) groups is 2. The van der Waals surface area contributed by atoms with Crippen molar-refractivity contribution in [3.63, 3.8) is 0 Å². The second-order valence-electron chi connectivity index (χ2n) is 7.42. The third-order valence-electron chi connectivity index (χ3n) is 5.55. The number of esters is 2. The minimum Gasteiger partial charge on any atom is -0.466 e. The highest BCUT2D eigenvalue weighted by molar-refractivity contribution is 6.06. The number of methoxy groups -OCH3 is 2. The van der Waals surface area contributed by atoms with Gasteiger partial charge in [-0.05, 0) is 23.8 Å². The fourth-order valence-corrected chi connectivity index (χ4v) is 4.01. The zero-order chi connectivity index (χ0) is 25.1. The van der Waals surface area contributed by atoms with Crippen LogP contribution in [0, 0.1) is 17.1 Å². The maximum absolute atomic E-state index is 15.1. The lowest BCUT2D eigenvalue weighted by Gasteiger charge is -2.36. The molecule has 1 aromatic heterocycles. The molecule has 1 aliphatic rings. The molecule has 1 unspecified atom stereocenters. The van der Waals surface area contributed by atoms with Crippen LogP contribution in [0.2, 0.25) is 0 Å². The van der Waals surface area contributed by atoms with Crippen LogP contribution in [-0.2, 0) is 19.1 Å². The van der Waals surface area contributed by atoms with E-state index < -0.39 is 23.7 Å². The number of nitrogens with zero attached hydrogens (tertiary/aromatic N) is 4. The number of allylic oxidation sites excluding steroid dienone is 1. The second kappa shape index (κ2) is 9.52. The van der Waals surface area contributed by atoms with Crippen molar-refractivity contribution in [2.24, 2.45) is 5.73 Å². The van der Waals surface area contributed by atoms with Crippen molar-refractivity contribution in [3.05, 3.63) is 101 Å². The first-order valence-electron chi connectivity index (χ1n) is 10.4. The van der Waals surface area contributed by atoms with Crippen LogP contribution >= 0.6 is 0 Å². The monoisotopic (exact) mass is 473 g/mol.